The fourth-order valence-electron chi connectivity index (χ4n) is 1.52. The molecule has 0 atom stereocenters. The Labute approximate surface area is 91.2 Å². The summed E-state index contributed by atoms with van der Waals surface area (Å²) in [5.74, 6) is -0.442. The lowest BCUT2D eigenvalue weighted by Gasteiger charge is -1.96. The van der Waals surface area contributed by atoms with E-state index >= 15 is 0 Å². The van der Waals surface area contributed by atoms with Crippen LogP contribution in [0.1, 0.15) is 10.4 Å². The first-order valence-corrected chi connectivity index (χ1v) is 4.55. The number of hydrogen-bond acceptors (Lipinski definition) is 4. The molecule has 0 unspecified atom stereocenters. The standard InChI is InChI=1S/C11H10O5/c1-14-10-7-4-3-6(9(12)13)5-8(7)11(15-2)16-10/h3-5H,1-2H3,(H,12,13). The Morgan fingerprint density at radius 3 is 2.38 bits per heavy atom. The quantitative estimate of drug-likeness (QED) is 0.861. The van der Waals surface area contributed by atoms with Gasteiger partial charge in [0, 0.05) is 0 Å². The van der Waals surface area contributed by atoms with Crippen molar-refractivity contribution in [1.82, 2.24) is 0 Å². The zero-order valence-electron chi connectivity index (χ0n) is 8.81. The lowest BCUT2D eigenvalue weighted by Crippen LogP contribution is -1.95. The van der Waals surface area contributed by atoms with E-state index < -0.39 is 5.97 Å². The summed E-state index contributed by atoms with van der Waals surface area (Å²) in [6.45, 7) is 0. The molecular weight excluding hydrogens is 212 g/mol. The number of furan rings is 1. The third kappa shape index (κ3) is 1.46. The first-order valence-electron chi connectivity index (χ1n) is 4.55. The minimum atomic E-state index is -0.996. The number of rotatable bonds is 3. The van der Waals surface area contributed by atoms with Crippen molar-refractivity contribution >= 4 is 16.7 Å². The number of hydrogen-bond donors (Lipinski definition) is 1. The molecule has 0 aliphatic rings. The van der Waals surface area contributed by atoms with E-state index in [0.29, 0.717) is 16.7 Å². The first kappa shape index (κ1) is 10.4. The number of methoxy groups -OCH3 is 2. The van der Waals surface area contributed by atoms with Gasteiger partial charge < -0.3 is 19.0 Å². The molecule has 2 rings (SSSR count). The summed E-state index contributed by atoms with van der Waals surface area (Å²) in [5.41, 5.74) is 0.175. The van der Waals surface area contributed by atoms with E-state index in [2.05, 4.69) is 0 Å². The molecule has 0 bridgehead atoms. The highest BCUT2D eigenvalue weighted by Crippen LogP contribution is 2.37. The fourth-order valence-corrected chi connectivity index (χ4v) is 1.52. The topological polar surface area (TPSA) is 68.9 Å². The molecule has 0 saturated heterocycles. The minimum absolute atomic E-state index is 0.175. The lowest BCUT2D eigenvalue weighted by molar-refractivity contribution is 0.0697. The molecule has 1 aromatic carbocycles. The Balaban J connectivity index is 2.71. The number of fused-ring (bicyclic) bond motifs is 1. The van der Waals surface area contributed by atoms with E-state index in [1.165, 1.54) is 26.4 Å². The van der Waals surface area contributed by atoms with Gasteiger partial charge in [0.05, 0.1) is 30.6 Å². The van der Waals surface area contributed by atoms with Crippen molar-refractivity contribution in [1.29, 1.82) is 0 Å². The Morgan fingerprint density at radius 2 is 1.81 bits per heavy atom. The Morgan fingerprint density at radius 1 is 1.19 bits per heavy atom. The molecule has 2 aromatic rings. The Bertz CT molecular complexity index is 541. The van der Waals surface area contributed by atoms with Gasteiger partial charge >= 0.3 is 5.97 Å². The molecule has 16 heavy (non-hydrogen) atoms. The molecular formula is C11H10O5. The highest BCUT2D eigenvalue weighted by Gasteiger charge is 2.16. The maximum atomic E-state index is 10.8. The molecule has 0 radical (unpaired) electrons. The lowest BCUT2D eigenvalue weighted by atomic mass is 10.1. The molecule has 1 heterocycles. The molecule has 0 spiro atoms. The van der Waals surface area contributed by atoms with E-state index in [0.717, 1.165) is 0 Å². The van der Waals surface area contributed by atoms with Gasteiger partial charge in [0.25, 0.3) is 11.9 Å². The maximum Gasteiger partial charge on any atom is 0.335 e. The first-order chi connectivity index (χ1) is 7.67. The van der Waals surface area contributed by atoms with Crippen LogP contribution in [0.4, 0.5) is 0 Å². The van der Waals surface area contributed by atoms with Gasteiger partial charge in [-0.2, -0.15) is 0 Å². The van der Waals surface area contributed by atoms with Crippen LogP contribution in [-0.2, 0) is 0 Å². The summed E-state index contributed by atoms with van der Waals surface area (Å²) in [4.78, 5) is 10.8. The highest BCUT2D eigenvalue weighted by molar-refractivity contribution is 5.98. The van der Waals surface area contributed by atoms with Gasteiger partial charge in [0.1, 0.15) is 0 Å². The van der Waals surface area contributed by atoms with Crippen LogP contribution in [0.25, 0.3) is 10.8 Å². The summed E-state index contributed by atoms with van der Waals surface area (Å²) in [5, 5.41) is 10.1. The SMILES string of the molecule is COc1oc(OC)c2cc(C(=O)O)ccc12. The molecule has 1 N–H and O–H groups in total. The smallest absolute Gasteiger partial charge is 0.335 e. The van der Waals surface area contributed by atoms with Gasteiger partial charge in [-0.25, -0.2) is 4.79 Å². The van der Waals surface area contributed by atoms with Crippen molar-refractivity contribution in [2.45, 2.75) is 0 Å². The average Bonchev–Trinajstić information content (AvgIpc) is 2.65. The van der Waals surface area contributed by atoms with Crippen molar-refractivity contribution < 1.29 is 23.8 Å². The number of carboxylic acid groups (broad SMARTS) is 1. The van der Waals surface area contributed by atoms with E-state index in [-0.39, 0.29) is 11.5 Å². The zero-order valence-corrected chi connectivity index (χ0v) is 8.81. The molecule has 0 fully saturated rings. The summed E-state index contributed by atoms with van der Waals surface area (Å²) in [6.07, 6.45) is 0. The van der Waals surface area contributed by atoms with E-state index in [1.54, 1.807) is 6.07 Å². The van der Waals surface area contributed by atoms with Crippen molar-refractivity contribution in [2.24, 2.45) is 0 Å². The van der Waals surface area contributed by atoms with Crippen LogP contribution in [0.15, 0.2) is 22.6 Å². The number of carbonyl (C=O) groups is 1. The second kappa shape index (κ2) is 3.77. The summed E-state index contributed by atoms with van der Waals surface area (Å²) >= 11 is 0. The fraction of sp³-hybridized carbons (Fsp3) is 0.182. The molecule has 1 aromatic heterocycles. The van der Waals surface area contributed by atoms with Crippen molar-refractivity contribution in [3.05, 3.63) is 23.8 Å². The van der Waals surface area contributed by atoms with Gasteiger partial charge in [-0.15, -0.1) is 0 Å². The van der Waals surface area contributed by atoms with Crippen LogP contribution in [0, 0.1) is 0 Å². The average molecular weight is 222 g/mol. The number of ether oxygens (including phenoxy) is 2. The third-order valence-corrected chi connectivity index (χ3v) is 2.26. The third-order valence-electron chi connectivity index (χ3n) is 2.26. The van der Waals surface area contributed by atoms with Crippen LogP contribution < -0.4 is 9.47 Å². The van der Waals surface area contributed by atoms with Crippen LogP contribution >= 0.6 is 0 Å². The summed E-state index contributed by atoms with van der Waals surface area (Å²) in [6, 6.07) is 4.61. The number of carboxylic acids is 1. The summed E-state index contributed by atoms with van der Waals surface area (Å²) < 4.78 is 15.3. The predicted octanol–water partition coefficient (Wildman–Crippen LogP) is 2.15. The van der Waals surface area contributed by atoms with Crippen LogP contribution in [0.2, 0.25) is 0 Å². The van der Waals surface area contributed by atoms with Gasteiger partial charge in [-0.3, -0.25) is 0 Å². The van der Waals surface area contributed by atoms with Crippen LogP contribution in [0.5, 0.6) is 11.9 Å². The van der Waals surface area contributed by atoms with Crippen molar-refractivity contribution in [3.63, 3.8) is 0 Å². The predicted molar refractivity (Wildman–Crippen MR) is 56.3 cm³/mol. The van der Waals surface area contributed by atoms with Crippen LogP contribution in [-0.4, -0.2) is 25.3 Å². The minimum Gasteiger partial charge on any atom is -0.478 e. The molecule has 0 amide bonds. The highest BCUT2D eigenvalue weighted by atomic mass is 16.6. The van der Waals surface area contributed by atoms with Gasteiger partial charge in [-0.1, -0.05) is 0 Å². The largest absolute Gasteiger partial charge is 0.478 e. The summed E-state index contributed by atoms with van der Waals surface area (Å²) in [7, 11) is 2.92. The second-order valence-corrected chi connectivity index (χ2v) is 3.15. The van der Waals surface area contributed by atoms with Gasteiger partial charge in [0.15, 0.2) is 0 Å². The van der Waals surface area contributed by atoms with E-state index in [4.69, 9.17) is 19.0 Å². The maximum absolute atomic E-state index is 10.8. The zero-order chi connectivity index (χ0) is 11.7. The number of benzene rings is 1. The Kier molecular flexibility index (Phi) is 2.44. The van der Waals surface area contributed by atoms with E-state index in [9.17, 15) is 4.79 Å². The monoisotopic (exact) mass is 222 g/mol. The molecule has 5 heteroatoms. The van der Waals surface area contributed by atoms with Crippen LogP contribution in [0.3, 0.4) is 0 Å². The normalized spacial score (nSPS) is 10.4. The van der Waals surface area contributed by atoms with Gasteiger partial charge in [-0.05, 0) is 18.2 Å². The second-order valence-electron chi connectivity index (χ2n) is 3.15. The van der Waals surface area contributed by atoms with E-state index in [1.807, 2.05) is 0 Å². The molecule has 0 saturated carbocycles. The molecule has 84 valence electrons. The van der Waals surface area contributed by atoms with Crippen molar-refractivity contribution in [2.75, 3.05) is 14.2 Å². The molecule has 5 nitrogen and oxygen atoms in total. The van der Waals surface area contributed by atoms with Gasteiger partial charge in [0.2, 0.25) is 0 Å². The molecule has 0 aliphatic heterocycles. The molecule has 0 aliphatic carbocycles. The van der Waals surface area contributed by atoms with Crippen molar-refractivity contribution in [3.8, 4) is 11.9 Å². The Hall–Kier alpha value is -2.17. The number of aromatic carboxylic acids is 1.